The van der Waals surface area contributed by atoms with Gasteiger partial charge in [0.15, 0.2) is 11.7 Å². The molecule has 0 aliphatic heterocycles. The van der Waals surface area contributed by atoms with Gasteiger partial charge in [-0.1, -0.05) is 20.8 Å². The van der Waals surface area contributed by atoms with Crippen LogP contribution in [-0.2, 0) is 12.8 Å². The fourth-order valence-corrected chi connectivity index (χ4v) is 3.74. The summed E-state index contributed by atoms with van der Waals surface area (Å²) >= 11 is 1.96. The van der Waals surface area contributed by atoms with E-state index >= 15 is 0 Å². The topological polar surface area (TPSA) is 43.1 Å². The minimum absolute atomic E-state index is 0.172. The Hall–Kier alpha value is -0.770. The third-order valence-corrected chi connectivity index (χ3v) is 4.63. The summed E-state index contributed by atoms with van der Waals surface area (Å²) in [6.45, 7) is 6.52. The molecule has 106 valence electrons. The second kappa shape index (κ2) is 6.60. The Kier molecular flexibility index (Phi) is 5.08. The van der Waals surface area contributed by atoms with Crippen LogP contribution in [0.15, 0.2) is 4.42 Å². The zero-order chi connectivity index (χ0) is 13.8. The summed E-state index contributed by atoms with van der Waals surface area (Å²) in [6.07, 6.45) is 4.44. The third-order valence-electron chi connectivity index (χ3n) is 3.53. The van der Waals surface area contributed by atoms with Crippen molar-refractivity contribution in [2.45, 2.75) is 58.1 Å². The highest BCUT2D eigenvalue weighted by molar-refractivity contribution is 7.99. The van der Waals surface area contributed by atoms with E-state index in [1.54, 1.807) is 0 Å². The second-order valence-corrected chi connectivity index (χ2v) is 7.04. The van der Waals surface area contributed by atoms with Gasteiger partial charge in [0.1, 0.15) is 11.5 Å². The van der Waals surface area contributed by atoms with E-state index in [0.717, 1.165) is 43.1 Å². The molecule has 0 radical (unpaired) electrons. The van der Waals surface area contributed by atoms with Crippen LogP contribution in [0.3, 0.4) is 0 Å². The summed E-state index contributed by atoms with van der Waals surface area (Å²) < 4.78 is 5.75. The first-order chi connectivity index (χ1) is 9.13. The standard InChI is InChI=1S/C15H23NO2S/c1-4-6-14-16-15-12(17)8-11(9-13(15)18-14)7-10(3)19-5-2/h10-11H,4-9H2,1-3H3/t10-,11-/m1/s1. The average Bonchev–Trinajstić information content (AvgIpc) is 2.73. The molecular formula is C15H23NO2S. The molecular weight excluding hydrogens is 258 g/mol. The van der Waals surface area contributed by atoms with Crippen molar-refractivity contribution in [3.05, 3.63) is 17.3 Å². The van der Waals surface area contributed by atoms with Crippen molar-refractivity contribution in [2.24, 2.45) is 5.92 Å². The first kappa shape index (κ1) is 14.6. The van der Waals surface area contributed by atoms with Gasteiger partial charge < -0.3 is 4.42 Å². The highest BCUT2D eigenvalue weighted by Crippen LogP contribution is 2.31. The molecule has 1 aliphatic carbocycles. The van der Waals surface area contributed by atoms with Crippen LogP contribution in [0.2, 0.25) is 0 Å². The van der Waals surface area contributed by atoms with E-state index in [1.807, 2.05) is 11.8 Å². The lowest BCUT2D eigenvalue weighted by molar-refractivity contribution is 0.0937. The molecule has 1 aromatic rings. The van der Waals surface area contributed by atoms with Crippen molar-refractivity contribution in [1.82, 2.24) is 4.98 Å². The Bertz CT molecular complexity index is 441. The largest absolute Gasteiger partial charge is 0.445 e. The first-order valence-electron chi connectivity index (χ1n) is 7.27. The number of aryl methyl sites for hydroxylation is 1. The van der Waals surface area contributed by atoms with Gasteiger partial charge in [0.05, 0.1) is 0 Å². The van der Waals surface area contributed by atoms with Gasteiger partial charge >= 0.3 is 0 Å². The number of rotatable bonds is 6. The van der Waals surface area contributed by atoms with Gasteiger partial charge in [0.2, 0.25) is 0 Å². The number of carbonyl (C=O) groups excluding carboxylic acids is 1. The average molecular weight is 281 g/mol. The Morgan fingerprint density at radius 2 is 2.21 bits per heavy atom. The molecule has 2 rings (SSSR count). The van der Waals surface area contributed by atoms with Gasteiger partial charge in [-0.2, -0.15) is 11.8 Å². The van der Waals surface area contributed by atoms with Crippen molar-refractivity contribution in [3.8, 4) is 0 Å². The van der Waals surface area contributed by atoms with Crippen LogP contribution in [0.4, 0.5) is 0 Å². The summed E-state index contributed by atoms with van der Waals surface area (Å²) in [5.74, 6) is 3.30. The smallest absolute Gasteiger partial charge is 0.195 e. The fraction of sp³-hybridized carbons (Fsp3) is 0.733. The third kappa shape index (κ3) is 3.62. The molecule has 0 N–H and O–H groups in total. The number of fused-ring (bicyclic) bond motifs is 1. The molecule has 0 spiro atoms. The Morgan fingerprint density at radius 3 is 2.89 bits per heavy atom. The Balaban J connectivity index is 2.04. The fourth-order valence-electron chi connectivity index (χ4n) is 2.76. The lowest BCUT2D eigenvalue weighted by Gasteiger charge is -2.22. The quantitative estimate of drug-likeness (QED) is 0.793. The summed E-state index contributed by atoms with van der Waals surface area (Å²) in [7, 11) is 0. The van der Waals surface area contributed by atoms with Crippen LogP contribution in [0, 0.1) is 5.92 Å². The van der Waals surface area contributed by atoms with Crippen molar-refractivity contribution in [1.29, 1.82) is 0 Å². The normalized spacial score (nSPS) is 20.4. The highest BCUT2D eigenvalue weighted by atomic mass is 32.2. The van der Waals surface area contributed by atoms with E-state index in [9.17, 15) is 4.79 Å². The molecule has 19 heavy (non-hydrogen) atoms. The minimum atomic E-state index is 0.172. The van der Waals surface area contributed by atoms with Crippen LogP contribution in [-0.4, -0.2) is 21.8 Å². The molecule has 1 aliphatic rings. The summed E-state index contributed by atoms with van der Waals surface area (Å²) in [4.78, 5) is 16.5. The highest BCUT2D eigenvalue weighted by Gasteiger charge is 2.30. The number of Topliss-reactive ketones (excluding diaryl/α,β-unsaturated/α-hetero) is 1. The Labute approximate surface area is 119 Å². The van der Waals surface area contributed by atoms with Gasteiger partial charge in [0.25, 0.3) is 0 Å². The lowest BCUT2D eigenvalue weighted by atomic mass is 9.86. The number of oxazole rings is 1. The molecule has 2 atom stereocenters. The van der Waals surface area contributed by atoms with Gasteiger partial charge in [-0.05, 0) is 24.5 Å². The molecule has 0 saturated heterocycles. The predicted octanol–water partition coefficient (Wildman–Crippen LogP) is 3.90. The monoisotopic (exact) mass is 281 g/mol. The van der Waals surface area contributed by atoms with E-state index in [0.29, 0.717) is 23.3 Å². The summed E-state index contributed by atoms with van der Waals surface area (Å²) in [6, 6.07) is 0. The zero-order valence-corrected chi connectivity index (χ0v) is 12.9. The van der Waals surface area contributed by atoms with Crippen LogP contribution in [0.25, 0.3) is 0 Å². The van der Waals surface area contributed by atoms with Crippen LogP contribution < -0.4 is 0 Å². The van der Waals surface area contributed by atoms with Crippen molar-refractivity contribution >= 4 is 17.5 Å². The first-order valence-corrected chi connectivity index (χ1v) is 8.32. The van der Waals surface area contributed by atoms with Crippen molar-refractivity contribution in [2.75, 3.05) is 5.75 Å². The second-order valence-electron chi connectivity index (χ2n) is 5.33. The maximum Gasteiger partial charge on any atom is 0.195 e. The van der Waals surface area contributed by atoms with Crippen molar-refractivity contribution < 1.29 is 9.21 Å². The van der Waals surface area contributed by atoms with E-state index in [4.69, 9.17) is 4.42 Å². The van der Waals surface area contributed by atoms with E-state index in [1.165, 1.54) is 0 Å². The van der Waals surface area contributed by atoms with Gasteiger partial charge in [-0.25, -0.2) is 4.98 Å². The maximum atomic E-state index is 12.1. The zero-order valence-electron chi connectivity index (χ0n) is 12.1. The molecule has 0 saturated carbocycles. The van der Waals surface area contributed by atoms with Crippen LogP contribution in [0.1, 0.15) is 62.2 Å². The molecule has 0 amide bonds. The minimum Gasteiger partial charge on any atom is -0.445 e. The summed E-state index contributed by atoms with van der Waals surface area (Å²) in [5, 5.41) is 0.613. The van der Waals surface area contributed by atoms with E-state index in [-0.39, 0.29) is 5.78 Å². The Morgan fingerprint density at radius 1 is 1.42 bits per heavy atom. The number of thioether (sulfide) groups is 1. The van der Waals surface area contributed by atoms with Crippen molar-refractivity contribution in [3.63, 3.8) is 0 Å². The number of hydrogen-bond acceptors (Lipinski definition) is 4. The van der Waals surface area contributed by atoms with Gasteiger partial charge in [-0.15, -0.1) is 0 Å². The number of hydrogen-bond donors (Lipinski definition) is 0. The molecule has 3 nitrogen and oxygen atoms in total. The molecule has 0 fully saturated rings. The number of nitrogens with zero attached hydrogens (tertiary/aromatic N) is 1. The van der Waals surface area contributed by atoms with Crippen LogP contribution >= 0.6 is 11.8 Å². The number of carbonyl (C=O) groups is 1. The molecule has 0 unspecified atom stereocenters. The van der Waals surface area contributed by atoms with E-state index in [2.05, 4.69) is 25.8 Å². The predicted molar refractivity (Wildman–Crippen MR) is 78.9 cm³/mol. The molecule has 1 aromatic heterocycles. The maximum absolute atomic E-state index is 12.1. The van der Waals surface area contributed by atoms with Crippen LogP contribution in [0.5, 0.6) is 0 Å². The SMILES string of the molecule is CCCc1nc2c(o1)C[C@H](C[C@@H](C)SCC)CC2=O. The molecule has 1 heterocycles. The summed E-state index contributed by atoms with van der Waals surface area (Å²) in [5.41, 5.74) is 0.607. The molecule has 0 bridgehead atoms. The molecule has 4 heteroatoms. The lowest BCUT2D eigenvalue weighted by Crippen LogP contribution is -2.22. The van der Waals surface area contributed by atoms with Gasteiger partial charge in [-0.3, -0.25) is 4.79 Å². The van der Waals surface area contributed by atoms with Gasteiger partial charge in [0, 0.05) is 24.5 Å². The number of ketones is 1. The van der Waals surface area contributed by atoms with E-state index < -0.39 is 0 Å². The number of aromatic nitrogens is 1. The molecule has 0 aromatic carbocycles.